The maximum atomic E-state index is 6.09. The van der Waals surface area contributed by atoms with E-state index < -0.39 is 0 Å². The van der Waals surface area contributed by atoms with Gasteiger partial charge in [0.05, 0.1) is 30.7 Å². The van der Waals surface area contributed by atoms with Crippen molar-refractivity contribution >= 4 is 27.4 Å². The number of fused-ring (bicyclic) bond motifs is 2. The van der Waals surface area contributed by atoms with Crippen LogP contribution in [0, 0.1) is 0 Å². The molecule has 2 aliphatic rings. The Morgan fingerprint density at radius 3 is 2.76 bits per heavy atom. The van der Waals surface area contributed by atoms with Crippen molar-refractivity contribution in [1.29, 1.82) is 0 Å². The Balaban J connectivity index is 1.62. The van der Waals surface area contributed by atoms with E-state index in [1.165, 1.54) is 16.5 Å². The van der Waals surface area contributed by atoms with Crippen LogP contribution < -0.4 is 4.90 Å². The lowest BCUT2D eigenvalue weighted by Gasteiger charge is -2.33. The number of hydrogen-bond donors (Lipinski definition) is 0. The van der Waals surface area contributed by atoms with Crippen LogP contribution in [-0.4, -0.2) is 79.3 Å². The van der Waals surface area contributed by atoms with Gasteiger partial charge in [0.15, 0.2) is 0 Å². The summed E-state index contributed by atoms with van der Waals surface area (Å²) in [4.78, 5) is 18.0. The molecule has 0 bridgehead atoms. The van der Waals surface area contributed by atoms with E-state index in [2.05, 4.69) is 71.6 Å². The first-order valence-electron chi connectivity index (χ1n) is 10.1. The average molecular weight is 410 g/mol. The van der Waals surface area contributed by atoms with E-state index in [9.17, 15) is 0 Å². The van der Waals surface area contributed by atoms with Gasteiger partial charge < -0.3 is 14.5 Å². The third-order valence-electron chi connectivity index (χ3n) is 5.88. The van der Waals surface area contributed by atoms with Gasteiger partial charge in [0.2, 0.25) is 0 Å². The zero-order valence-electron chi connectivity index (χ0n) is 17.2. The molecule has 29 heavy (non-hydrogen) atoms. The van der Waals surface area contributed by atoms with Crippen LogP contribution in [0.15, 0.2) is 35.7 Å². The van der Waals surface area contributed by atoms with E-state index in [1.54, 1.807) is 11.3 Å². The monoisotopic (exact) mass is 409 g/mol. The predicted molar refractivity (Wildman–Crippen MR) is 119 cm³/mol. The molecule has 2 aromatic heterocycles. The lowest BCUT2D eigenvalue weighted by molar-refractivity contribution is -0.0362. The number of nitrogens with zero attached hydrogens (tertiary/aromatic N) is 5. The summed E-state index contributed by atoms with van der Waals surface area (Å²) in [5.41, 5.74) is 2.44. The minimum Gasteiger partial charge on any atom is -0.373 e. The fourth-order valence-electron chi connectivity index (χ4n) is 4.41. The number of rotatable bonds is 4. The highest BCUT2D eigenvalue weighted by molar-refractivity contribution is 7.17. The van der Waals surface area contributed by atoms with Crippen LogP contribution in [0.5, 0.6) is 0 Å². The highest BCUT2D eigenvalue weighted by Gasteiger charge is 2.40. The van der Waals surface area contributed by atoms with Crippen LogP contribution in [0.25, 0.3) is 21.3 Å². The van der Waals surface area contributed by atoms with Crippen molar-refractivity contribution in [2.24, 2.45) is 0 Å². The molecule has 0 aliphatic carbocycles. The first-order valence-corrected chi connectivity index (χ1v) is 11.0. The van der Waals surface area contributed by atoms with E-state index in [0.29, 0.717) is 6.04 Å². The van der Waals surface area contributed by atoms with Gasteiger partial charge >= 0.3 is 0 Å². The first kappa shape index (κ1) is 18.9. The molecule has 0 N–H and O–H groups in total. The molecule has 5 rings (SSSR count). The fraction of sp³-hybridized carbons (Fsp3) is 0.455. The van der Waals surface area contributed by atoms with Gasteiger partial charge in [0.1, 0.15) is 16.5 Å². The minimum atomic E-state index is 0.245. The maximum absolute atomic E-state index is 6.09. The highest BCUT2D eigenvalue weighted by Crippen LogP contribution is 2.40. The zero-order chi connectivity index (χ0) is 20.0. The third kappa shape index (κ3) is 3.53. The van der Waals surface area contributed by atoms with Gasteiger partial charge in [-0.3, -0.25) is 4.90 Å². The molecule has 0 saturated carbocycles. The Labute approximate surface area is 175 Å². The molecule has 4 heterocycles. The average Bonchev–Trinajstić information content (AvgIpc) is 3.33. The zero-order valence-corrected chi connectivity index (χ0v) is 18.0. The maximum Gasteiger partial charge on any atom is 0.146 e. The summed E-state index contributed by atoms with van der Waals surface area (Å²) in [5.74, 6) is 1.93. The Hall–Kier alpha value is -2.06. The van der Waals surface area contributed by atoms with Crippen molar-refractivity contribution < 1.29 is 4.74 Å². The fourth-order valence-corrected chi connectivity index (χ4v) is 5.37. The van der Waals surface area contributed by atoms with Crippen molar-refractivity contribution in [1.82, 2.24) is 19.8 Å². The van der Waals surface area contributed by atoms with E-state index in [1.807, 2.05) is 0 Å². The van der Waals surface area contributed by atoms with Crippen molar-refractivity contribution in [3.8, 4) is 11.1 Å². The Morgan fingerprint density at radius 2 is 2.00 bits per heavy atom. The number of benzene rings is 1. The molecule has 2 atom stereocenters. The quantitative estimate of drug-likeness (QED) is 0.660. The Bertz CT molecular complexity index is 1010. The van der Waals surface area contributed by atoms with Gasteiger partial charge in [-0.15, -0.1) is 11.3 Å². The second-order valence-electron chi connectivity index (χ2n) is 8.26. The summed E-state index contributed by atoms with van der Waals surface area (Å²) in [6.45, 7) is 4.36. The highest BCUT2D eigenvalue weighted by atomic mass is 32.1. The van der Waals surface area contributed by atoms with Crippen molar-refractivity contribution in [2.45, 2.75) is 18.7 Å². The van der Waals surface area contributed by atoms with Crippen molar-refractivity contribution in [3.63, 3.8) is 0 Å². The molecule has 2 aliphatic heterocycles. The third-order valence-corrected chi connectivity index (χ3v) is 6.75. The number of anilines is 1. The van der Waals surface area contributed by atoms with Crippen LogP contribution in [0.1, 0.15) is 5.82 Å². The predicted octanol–water partition coefficient (Wildman–Crippen LogP) is 2.94. The largest absolute Gasteiger partial charge is 0.373 e. The normalized spacial score (nSPS) is 22.6. The van der Waals surface area contributed by atoms with Gasteiger partial charge in [0.25, 0.3) is 0 Å². The number of likely N-dealkylation sites (N-methyl/N-ethyl adjacent to an activating group) is 1. The standard InChI is InChI=1S/C22H27N5OS/c1-25(2)13-19-23-21(27-11-17-18(12-27)28-10-9-26(17)3)20-16(14-29-22(20)24-19)15-7-5-4-6-8-15/h4-8,14,17-18H,9-13H2,1-3H3. The van der Waals surface area contributed by atoms with Gasteiger partial charge in [-0.2, -0.15) is 0 Å². The van der Waals surface area contributed by atoms with Crippen molar-refractivity contribution in [2.75, 3.05) is 52.3 Å². The summed E-state index contributed by atoms with van der Waals surface area (Å²) in [5, 5.41) is 3.40. The summed E-state index contributed by atoms with van der Waals surface area (Å²) in [6, 6.07) is 11.0. The van der Waals surface area contributed by atoms with Crippen LogP contribution in [0.2, 0.25) is 0 Å². The summed E-state index contributed by atoms with van der Waals surface area (Å²) in [7, 11) is 6.32. The van der Waals surface area contributed by atoms with E-state index >= 15 is 0 Å². The Morgan fingerprint density at radius 1 is 1.17 bits per heavy atom. The number of thiophene rings is 1. The number of ether oxygens (including phenoxy) is 1. The smallest absolute Gasteiger partial charge is 0.146 e. The lowest BCUT2D eigenvalue weighted by atomic mass is 10.1. The molecular formula is C22H27N5OS. The minimum absolute atomic E-state index is 0.245. The summed E-state index contributed by atoms with van der Waals surface area (Å²) >= 11 is 1.71. The van der Waals surface area contributed by atoms with Gasteiger partial charge in [-0.05, 0) is 26.7 Å². The second-order valence-corrected chi connectivity index (χ2v) is 9.12. The second kappa shape index (κ2) is 7.65. The molecule has 3 aromatic rings. The van der Waals surface area contributed by atoms with Crippen LogP contribution in [0.3, 0.4) is 0 Å². The molecular weight excluding hydrogens is 382 g/mol. The van der Waals surface area contributed by atoms with E-state index in [4.69, 9.17) is 14.7 Å². The SMILES string of the molecule is CN(C)Cc1nc(N2CC3OCCN(C)C3C2)c2c(-c3ccccc3)csc2n1. The molecule has 6 nitrogen and oxygen atoms in total. The van der Waals surface area contributed by atoms with Gasteiger partial charge in [-0.1, -0.05) is 30.3 Å². The first-order chi connectivity index (χ1) is 14.1. The van der Waals surface area contributed by atoms with Crippen LogP contribution in [0.4, 0.5) is 5.82 Å². The molecule has 2 saturated heterocycles. The number of morpholine rings is 1. The number of hydrogen-bond acceptors (Lipinski definition) is 7. The summed E-state index contributed by atoms with van der Waals surface area (Å²) < 4.78 is 6.09. The molecule has 1 aromatic carbocycles. The molecule has 2 fully saturated rings. The molecule has 0 spiro atoms. The lowest BCUT2D eigenvalue weighted by Crippen LogP contribution is -2.48. The molecule has 0 amide bonds. The van der Waals surface area contributed by atoms with E-state index in [-0.39, 0.29) is 6.10 Å². The summed E-state index contributed by atoms with van der Waals surface area (Å²) in [6.07, 6.45) is 0.245. The molecule has 0 radical (unpaired) electrons. The molecule has 152 valence electrons. The molecule has 7 heteroatoms. The Kier molecular flexibility index (Phi) is 4.99. The van der Waals surface area contributed by atoms with Crippen LogP contribution in [-0.2, 0) is 11.3 Å². The van der Waals surface area contributed by atoms with Gasteiger partial charge in [-0.25, -0.2) is 9.97 Å². The number of aromatic nitrogens is 2. The molecule has 2 unspecified atom stereocenters. The topological polar surface area (TPSA) is 44.7 Å². The van der Waals surface area contributed by atoms with Gasteiger partial charge in [0, 0.05) is 30.6 Å². The van der Waals surface area contributed by atoms with E-state index in [0.717, 1.165) is 49.3 Å². The van der Waals surface area contributed by atoms with Crippen molar-refractivity contribution in [3.05, 3.63) is 41.5 Å². The van der Waals surface area contributed by atoms with Crippen LogP contribution >= 0.6 is 11.3 Å².